The molecule has 1 aromatic carbocycles. The average molecular weight is 331 g/mol. The van der Waals surface area contributed by atoms with Crippen LogP contribution in [-0.4, -0.2) is 40.4 Å². The van der Waals surface area contributed by atoms with Gasteiger partial charge in [-0.2, -0.15) is 4.98 Å². The van der Waals surface area contributed by atoms with Crippen molar-refractivity contribution in [2.75, 3.05) is 25.4 Å². The van der Waals surface area contributed by atoms with E-state index >= 15 is 0 Å². The fourth-order valence-electron chi connectivity index (χ4n) is 3.04. The fourth-order valence-corrected chi connectivity index (χ4v) is 4.04. The van der Waals surface area contributed by atoms with Gasteiger partial charge in [-0.25, -0.2) is 0 Å². The first-order valence-corrected chi connectivity index (χ1v) is 9.33. The highest BCUT2D eigenvalue weighted by molar-refractivity contribution is 7.99. The lowest BCUT2D eigenvalue weighted by Crippen LogP contribution is -2.36. The van der Waals surface area contributed by atoms with E-state index < -0.39 is 0 Å². The molecular formula is C18H25N3OS. The number of thioether (sulfide) groups is 1. The molecule has 2 heterocycles. The second kappa shape index (κ2) is 7.49. The third kappa shape index (κ3) is 4.36. The van der Waals surface area contributed by atoms with E-state index in [1.54, 1.807) is 0 Å². The monoisotopic (exact) mass is 331 g/mol. The van der Waals surface area contributed by atoms with Crippen LogP contribution in [0.5, 0.6) is 0 Å². The molecule has 1 atom stereocenters. The maximum absolute atomic E-state index is 5.36. The number of aromatic nitrogens is 2. The number of hydrogen-bond acceptors (Lipinski definition) is 5. The summed E-state index contributed by atoms with van der Waals surface area (Å²) in [5, 5.41) is 3.93. The minimum Gasteiger partial charge on any atom is -0.339 e. The predicted molar refractivity (Wildman–Crippen MR) is 94.1 cm³/mol. The molecule has 0 amide bonds. The molecule has 0 radical (unpaired) electrons. The maximum Gasteiger partial charge on any atom is 0.231 e. The van der Waals surface area contributed by atoms with Crippen LogP contribution < -0.4 is 0 Å². The largest absolute Gasteiger partial charge is 0.339 e. The second-order valence-electron chi connectivity index (χ2n) is 6.41. The number of likely N-dealkylation sites (tertiary alicyclic amines) is 1. The van der Waals surface area contributed by atoms with Gasteiger partial charge >= 0.3 is 0 Å². The van der Waals surface area contributed by atoms with Crippen LogP contribution in [0.2, 0.25) is 0 Å². The van der Waals surface area contributed by atoms with E-state index in [0.29, 0.717) is 5.92 Å². The molecule has 1 fully saturated rings. The number of nitrogens with zero attached hydrogens (tertiary/aromatic N) is 3. The number of aryl methyl sites for hydroxylation is 3. The molecule has 1 aromatic heterocycles. The minimum absolute atomic E-state index is 0.400. The summed E-state index contributed by atoms with van der Waals surface area (Å²) < 4.78 is 5.36. The summed E-state index contributed by atoms with van der Waals surface area (Å²) in [4.78, 5) is 8.30. The quantitative estimate of drug-likeness (QED) is 0.776. The Kier molecular flexibility index (Phi) is 5.38. The van der Waals surface area contributed by atoms with Crippen LogP contribution in [0.3, 0.4) is 0 Å². The molecule has 1 saturated heterocycles. The Morgan fingerprint density at radius 2 is 2.13 bits per heavy atom. The summed E-state index contributed by atoms with van der Waals surface area (Å²) >= 11 is 1.95. The van der Waals surface area contributed by atoms with Gasteiger partial charge in [0.25, 0.3) is 0 Å². The summed E-state index contributed by atoms with van der Waals surface area (Å²) in [6.45, 7) is 9.55. The molecule has 1 aliphatic heterocycles. The van der Waals surface area contributed by atoms with E-state index in [-0.39, 0.29) is 0 Å². The summed E-state index contributed by atoms with van der Waals surface area (Å²) in [6.07, 6.45) is 2.36. The van der Waals surface area contributed by atoms with Crippen LogP contribution in [0.1, 0.15) is 41.6 Å². The van der Waals surface area contributed by atoms with Crippen LogP contribution >= 0.6 is 11.8 Å². The minimum atomic E-state index is 0.400. The number of piperidine rings is 1. The van der Waals surface area contributed by atoms with E-state index in [1.165, 1.54) is 29.0 Å². The van der Waals surface area contributed by atoms with Crippen molar-refractivity contribution in [2.45, 2.75) is 44.4 Å². The summed E-state index contributed by atoms with van der Waals surface area (Å²) in [6, 6.07) is 6.74. The molecular weight excluding hydrogens is 306 g/mol. The molecule has 0 bridgehead atoms. The zero-order valence-electron chi connectivity index (χ0n) is 14.2. The SMILES string of the molecule is Cc1noc(C2CCCN(CCSc3ccc(C)c(C)c3)C2)n1. The molecule has 3 rings (SSSR count). The molecule has 4 nitrogen and oxygen atoms in total. The second-order valence-corrected chi connectivity index (χ2v) is 7.58. The van der Waals surface area contributed by atoms with Crippen molar-refractivity contribution in [3.63, 3.8) is 0 Å². The topological polar surface area (TPSA) is 42.2 Å². The van der Waals surface area contributed by atoms with Gasteiger partial charge in [0.2, 0.25) is 5.89 Å². The van der Waals surface area contributed by atoms with Crippen molar-refractivity contribution >= 4 is 11.8 Å². The first-order valence-electron chi connectivity index (χ1n) is 8.34. The lowest BCUT2D eigenvalue weighted by atomic mass is 9.98. The Bertz CT molecular complexity index is 655. The third-order valence-electron chi connectivity index (χ3n) is 4.55. The van der Waals surface area contributed by atoms with E-state index in [9.17, 15) is 0 Å². The van der Waals surface area contributed by atoms with Gasteiger partial charge in [0.05, 0.1) is 5.92 Å². The summed E-state index contributed by atoms with van der Waals surface area (Å²) in [5.41, 5.74) is 2.74. The highest BCUT2D eigenvalue weighted by Gasteiger charge is 2.25. The van der Waals surface area contributed by atoms with Crippen molar-refractivity contribution in [3.05, 3.63) is 41.0 Å². The first-order chi connectivity index (χ1) is 11.1. The van der Waals surface area contributed by atoms with Crippen LogP contribution in [0.4, 0.5) is 0 Å². The van der Waals surface area contributed by atoms with Gasteiger partial charge in [-0.1, -0.05) is 11.2 Å². The van der Waals surface area contributed by atoms with Crippen LogP contribution in [0, 0.1) is 20.8 Å². The van der Waals surface area contributed by atoms with Crippen molar-refractivity contribution in [2.24, 2.45) is 0 Å². The zero-order chi connectivity index (χ0) is 16.2. The average Bonchev–Trinajstić information content (AvgIpc) is 2.98. The normalized spacial score (nSPS) is 19.2. The van der Waals surface area contributed by atoms with Gasteiger partial charge in [0.1, 0.15) is 0 Å². The lowest BCUT2D eigenvalue weighted by Gasteiger charge is -2.30. The Morgan fingerprint density at radius 1 is 1.26 bits per heavy atom. The van der Waals surface area contributed by atoms with Gasteiger partial charge in [-0.3, -0.25) is 0 Å². The molecule has 0 N–H and O–H groups in total. The number of hydrogen-bond donors (Lipinski definition) is 0. The Labute approximate surface area is 142 Å². The van der Waals surface area contributed by atoms with E-state index in [4.69, 9.17) is 4.52 Å². The van der Waals surface area contributed by atoms with Gasteiger partial charge < -0.3 is 9.42 Å². The van der Waals surface area contributed by atoms with Gasteiger partial charge in [0, 0.05) is 23.7 Å². The molecule has 2 aromatic rings. The molecule has 124 valence electrons. The Balaban J connectivity index is 1.49. The molecule has 5 heteroatoms. The van der Waals surface area contributed by atoms with Gasteiger partial charge in [-0.05, 0) is 63.4 Å². The Hall–Kier alpha value is -1.33. The molecule has 1 aliphatic rings. The molecule has 0 saturated carbocycles. The predicted octanol–water partition coefficient (Wildman–Crippen LogP) is 3.97. The summed E-state index contributed by atoms with van der Waals surface area (Å²) in [5.74, 6) is 3.07. The lowest BCUT2D eigenvalue weighted by molar-refractivity contribution is 0.196. The fraction of sp³-hybridized carbons (Fsp3) is 0.556. The van der Waals surface area contributed by atoms with E-state index in [1.807, 2.05) is 18.7 Å². The number of rotatable bonds is 5. The molecule has 0 aliphatic carbocycles. The van der Waals surface area contributed by atoms with Crippen LogP contribution in [-0.2, 0) is 0 Å². The zero-order valence-corrected chi connectivity index (χ0v) is 15.0. The van der Waals surface area contributed by atoms with E-state index in [0.717, 1.165) is 37.0 Å². The van der Waals surface area contributed by atoms with Crippen LogP contribution in [0.15, 0.2) is 27.6 Å². The van der Waals surface area contributed by atoms with Crippen molar-refractivity contribution in [1.29, 1.82) is 0 Å². The highest BCUT2D eigenvalue weighted by atomic mass is 32.2. The van der Waals surface area contributed by atoms with Crippen LogP contribution in [0.25, 0.3) is 0 Å². The molecule has 23 heavy (non-hydrogen) atoms. The summed E-state index contributed by atoms with van der Waals surface area (Å²) in [7, 11) is 0. The van der Waals surface area contributed by atoms with E-state index in [2.05, 4.69) is 47.1 Å². The maximum atomic E-state index is 5.36. The van der Waals surface area contributed by atoms with Crippen molar-refractivity contribution in [1.82, 2.24) is 15.0 Å². The smallest absolute Gasteiger partial charge is 0.231 e. The van der Waals surface area contributed by atoms with Gasteiger partial charge in [-0.15, -0.1) is 11.8 Å². The Morgan fingerprint density at radius 3 is 2.87 bits per heavy atom. The molecule has 1 unspecified atom stereocenters. The third-order valence-corrected chi connectivity index (χ3v) is 5.53. The van der Waals surface area contributed by atoms with Crippen molar-refractivity contribution < 1.29 is 4.52 Å². The molecule has 0 spiro atoms. The standard InChI is InChI=1S/C18H25N3OS/c1-13-6-7-17(11-14(13)2)23-10-9-21-8-4-5-16(12-21)18-19-15(3)20-22-18/h6-7,11,16H,4-5,8-10,12H2,1-3H3. The highest BCUT2D eigenvalue weighted by Crippen LogP contribution is 2.26. The first kappa shape index (κ1) is 16.5. The van der Waals surface area contributed by atoms with Gasteiger partial charge in [0.15, 0.2) is 5.82 Å². The number of benzene rings is 1. The van der Waals surface area contributed by atoms with Crippen molar-refractivity contribution in [3.8, 4) is 0 Å².